The van der Waals surface area contributed by atoms with Crippen LogP contribution in [0, 0.1) is 29.6 Å². The highest BCUT2D eigenvalue weighted by molar-refractivity contribution is 5.48. The molecule has 2 aromatic heterocycles. The van der Waals surface area contributed by atoms with Crippen LogP contribution >= 0.6 is 0 Å². The summed E-state index contributed by atoms with van der Waals surface area (Å²) in [6, 6.07) is -0.0235. The lowest BCUT2D eigenvalue weighted by molar-refractivity contribution is 0.231. The van der Waals surface area contributed by atoms with Gasteiger partial charge in [0.2, 0.25) is 0 Å². The molecule has 4 aliphatic rings. The highest BCUT2D eigenvalue weighted by Gasteiger charge is 2.55. The summed E-state index contributed by atoms with van der Waals surface area (Å²) in [5, 5.41) is 47.6. The van der Waals surface area contributed by atoms with Crippen LogP contribution in [-0.2, 0) is 35.2 Å². The van der Waals surface area contributed by atoms with E-state index in [1.54, 1.807) is 0 Å². The summed E-state index contributed by atoms with van der Waals surface area (Å²) in [4.78, 5) is 0. The number of unbranched alkanes of at least 4 members (excludes halogenated alkanes) is 4. The Morgan fingerprint density at radius 2 is 1.13 bits per heavy atom. The summed E-state index contributed by atoms with van der Waals surface area (Å²) in [7, 11) is 0. The molecular weight excluding hydrogens is 773 g/mol. The van der Waals surface area contributed by atoms with E-state index in [2.05, 4.69) is 62.3 Å². The van der Waals surface area contributed by atoms with E-state index in [-0.39, 0.29) is 41.0 Å². The predicted octanol–water partition coefficient (Wildman–Crippen LogP) is 14.2. The molecule has 4 N–H and O–H groups in total. The second-order valence-corrected chi connectivity index (χ2v) is 22.5. The molecule has 0 bridgehead atoms. The van der Waals surface area contributed by atoms with Gasteiger partial charge in [-0.25, -0.2) is 0 Å². The van der Waals surface area contributed by atoms with Gasteiger partial charge in [-0.1, -0.05) is 119 Å². The standard InChI is InChI=1S/C54H92N2O6/c1-10-12-14-22-41(55-49(57)42-29-25-39(34-44(42)51(55)59)21-17-20-37(5)19-16-18-36(3)4)28-24-38(6)46(23-15-13-11-2)56-50(58)43-30-26-40(35-45(43)52(56)60)27-31-48-54(9,62-48)33-32-47-53(7,8)61-47/h36-41,46-48,57-60H,10-35H2,1-9H3. The largest absolute Gasteiger partial charge is 0.494 e. The van der Waals surface area contributed by atoms with Crippen molar-refractivity contribution in [2.24, 2.45) is 29.6 Å². The van der Waals surface area contributed by atoms with Crippen LogP contribution < -0.4 is 0 Å². The van der Waals surface area contributed by atoms with E-state index in [9.17, 15) is 20.4 Å². The third-order valence-corrected chi connectivity index (χ3v) is 16.6. The fraction of sp³-hybridized carbons (Fsp3) is 0.852. The van der Waals surface area contributed by atoms with Gasteiger partial charge in [0.25, 0.3) is 0 Å². The van der Waals surface area contributed by atoms with Gasteiger partial charge in [-0.2, -0.15) is 0 Å². The molecule has 4 heterocycles. The summed E-state index contributed by atoms with van der Waals surface area (Å²) in [5.41, 5.74) is 3.87. The topological polar surface area (TPSA) is 116 Å². The first-order valence-corrected chi connectivity index (χ1v) is 26.2. The van der Waals surface area contributed by atoms with Gasteiger partial charge in [0.05, 0.1) is 23.4 Å². The number of aromatic nitrogens is 2. The molecule has 354 valence electrons. The summed E-state index contributed by atoms with van der Waals surface area (Å²) in [6.07, 6.45) is 28.1. The minimum Gasteiger partial charge on any atom is -0.494 e. The number of ether oxygens (including phenoxy) is 2. The summed E-state index contributed by atoms with van der Waals surface area (Å²) < 4.78 is 15.9. The molecule has 0 saturated carbocycles. The number of hydrogen-bond acceptors (Lipinski definition) is 6. The van der Waals surface area contributed by atoms with Crippen molar-refractivity contribution in [1.29, 1.82) is 0 Å². The maximum atomic E-state index is 12.0. The Kier molecular flexibility index (Phi) is 17.3. The van der Waals surface area contributed by atoms with Crippen molar-refractivity contribution in [3.8, 4) is 23.5 Å². The van der Waals surface area contributed by atoms with E-state index in [0.717, 1.165) is 163 Å². The summed E-state index contributed by atoms with van der Waals surface area (Å²) in [6.45, 7) is 20.4. The molecule has 2 aromatic rings. The van der Waals surface area contributed by atoms with Gasteiger partial charge in [0, 0.05) is 34.3 Å². The van der Waals surface area contributed by atoms with Crippen molar-refractivity contribution in [3.63, 3.8) is 0 Å². The number of hydrogen-bond donors (Lipinski definition) is 4. The van der Waals surface area contributed by atoms with Crippen LogP contribution in [0.2, 0.25) is 0 Å². The molecule has 0 aromatic carbocycles. The molecular formula is C54H92N2O6. The van der Waals surface area contributed by atoms with Crippen molar-refractivity contribution < 1.29 is 29.9 Å². The van der Waals surface area contributed by atoms with Crippen molar-refractivity contribution in [2.45, 2.75) is 265 Å². The van der Waals surface area contributed by atoms with Crippen molar-refractivity contribution >= 4 is 0 Å². The average Bonchev–Trinajstić information content (AvgIpc) is 4.03. The van der Waals surface area contributed by atoms with Crippen molar-refractivity contribution in [2.75, 3.05) is 0 Å². The quantitative estimate of drug-likeness (QED) is 0.0500. The Balaban J connectivity index is 1.09. The minimum absolute atomic E-state index is 0.00281. The first-order valence-electron chi connectivity index (χ1n) is 26.2. The molecule has 0 radical (unpaired) electrons. The van der Waals surface area contributed by atoms with Crippen LogP contribution in [0.15, 0.2) is 0 Å². The molecule has 2 aliphatic heterocycles. The second kappa shape index (κ2) is 21.8. The molecule has 9 atom stereocenters. The van der Waals surface area contributed by atoms with E-state index in [0.29, 0.717) is 35.8 Å². The highest BCUT2D eigenvalue weighted by Crippen LogP contribution is 2.51. The van der Waals surface area contributed by atoms with Crippen molar-refractivity contribution in [1.82, 2.24) is 9.13 Å². The normalized spacial score (nSPS) is 26.0. The van der Waals surface area contributed by atoms with Crippen molar-refractivity contribution in [3.05, 3.63) is 22.3 Å². The first-order chi connectivity index (χ1) is 29.6. The molecule has 8 heteroatoms. The zero-order chi connectivity index (χ0) is 44.8. The SMILES string of the molecule is CCCCCC(CCC(C)C(CCCCC)n1c(O)c2c(c1O)CC(CCC1OC1(C)CCC1OC1(C)C)CC2)n1c(O)c2c(c1O)CC(CCCC(C)CCCC(C)C)CC2. The monoisotopic (exact) mass is 865 g/mol. The molecule has 2 aliphatic carbocycles. The first kappa shape index (κ1) is 49.1. The van der Waals surface area contributed by atoms with Gasteiger partial charge in [-0.05, 0) is 140 Å². The van der Waals surface area contributed by atoms with Gasteiger partial charge in [0.15, 0.2) is 23.5 Å². The molecule has 8 nitrogen and oxygen atoms in total. The van der Waals surface area contributed by atoms with Gasteiger partial charge < -0.3 is 29.9 Å². The summed E-state index contributed by atoms with van der Waals surface area (Å²) >= 11 is 0. The maximum absolute atomic E-state index is 12.0. The van der Waals surface area contributed by atoms with Crippen LogP contribution in [0.3, 0.4) is 0 Å². The van der Waals surface area contributed by atoms with E-state index < -0.39 is 0 Å². The van der Waals surface area contributed by atoms with Gasteiger partial charge in [0.1, 0.15) is 0 Å². The molecule has 2 fully saturated rings. The lowest BCUT2D eigenvalue weighted by atomic mass is 9.82. The van der Waals surface area contributed by atoms with Crippen LogP contribution in [-0.4, -0.2) is 53.0 Å². The maximum Gasteiger partial charge on any atom is 0.197 e. The fourth-order valence-corrected chi connectivity index (χ4v) is 12.1. The van der Waals surface area contributed by atoms with Gasteiger partial charge in [-0.3, -0.25) is 9.13 Å². The Bertz CT molecular complexity index is 1710. The highest BCUT2D eigenvalue weighted by atomic mass is 16.6. The molecule has 6 rings (SSSR count). The zero-order valence-electron chi connectivity index (χ0n) is 41.1. The second-order valence-electron chi connectivity index (χ2n) is 22.5. The number of nitrogens with zero attached hydrogens (tertiary/aromatic N) is 2. The molecule has 0 amide bonds. The number of rotatable bonds is 28. The Labute approximate surface area is 377 Å². The van der Waals surface area contributed by atoms with Crippen LogP contribution in [0.5, 0.6) is 23.5 Å². The Morgan fingerprint density at radius 3 is 1.74 bits per heavy atom. The third kappa shape index (κ3) is 12.1. The fourth-order valence-electron chi connectivity index (χ4n) is 12.1. The van der Waals surface area contributed by atoms with Gasteiger partial charge in [-0.15, -0.1) is 0 Å². The Hall–Kier alpha value is -2.32. The molecule has 2 saturated heterocycles. The van der Waals surface area contributed by atoms with E-state index in [1.165, 1.54) is 38.5 Å². The number of fused-ring (bicyclic) bond motifs is 2. The number of epoxide rings is 2. The Morgan fingerprint density at radius 1 is 0.565 bits per heavy atom. The van der Waals surface area contributed by atoms with Gasteiger partial charge >= 0.3 is 0 Å². The number of aromatic hydroxyl groups is 4. The van der Waals surface area contributed by atoms with Crippen LogP contribution in [0.25, 0.3) is 0 Å². The summed E-state index contributed by atoms with van der Waals surface area (Å²) in [5.74, 6) is 3.92. The smallest absolute Gasteiger partial charge is 0.197 e. The lowest BCUT2D eigenvalue weighted by Crippen LogP contribution is -2.19. The lowest BCUT2D eigenvalue weighted by Gasteiger charge is -2.29. The average molecular weight is 865 g/mol. The molecule has 62 heavy (non-hydrogen) atoms. The molecule has 9 unspecified atom stereocenters. The zero-order valence-corrected chi connectivity index (χ0v) is 41.1. The molecule has 0 spiro atoms. The van der Waals surface area contributed by atoms with Crippen LogP contribution in [0.4, 0.5) is 0 Å². The van der Waals surface area contributed by atoms with E-state index in [1.807, 2.05) is 9.13 Å². The van der Waals surface area contributed by atoms with Crippen LogP contribution in [0.1, 0.15) is 238 Å². The third-order valence-electron chi connectivity index (χ3n) is 16.6. The minimum atomic E-state index is -0.0331. The predicted molar refractivity (Wildman–Crippen MR) is 254 cm³/mol. The van der Waals surface area contributed by atoms with E-state index >= 15 is 0 Å². The van der Waals surface area contributed by atoms with E-state index in [4.69, 9.17) is 9.47 Å².